The van der Waals surface area contributed by atoms with Gasteiger partial charge in [-0.2, -0.15) is 0 Å². The van der Waals surface area contributed by atoms with Crippen molar-refractivity contribution in [1.29, 1.82) is 0 Å². The van der Waals surface area contributed by atoms with Gasteiger partial charge in [0, 0.05) is 31.4 Å². The molecule has 2 aromatic carbocycles. The van der Waals surface area contributed by atoms with E-state index in [1.54, 1.807) is 21.6 Å². The quantitative estimate of drug-likeness (QED) is 0.528. The number of benzene rings is 2. The molecule has 2 aromatic rings. The number of fused-ring (bicyclic) bond motifs is 2. The van der Waals surface area contributed by atoms with Gasteiger partial charge in [0.1, 0.15) is 6.04 Å². The number of nitrogens with zero attached hydrogens (tertiary/aromatic N) is 3. The molecule has 40 heavy (non-hydrogen) atoms. The van der Waals surface area contributed by atoms with Crippen LogP contribution in [0.3, 0.4) is 0 Å². The molecule has 0 aliphatic carbocycles. The average molecular weight is 558 g/mol. The molecular weight excluding hydrogens is 522 g/mol. The molecule has 6 atom stereocenters. The second-order valence-electron chi connectivity index (χ2n) is 11.0. The number of carbonyl (C=O) groups excluding carboxylic acids is 3. The van der Waals surface area contributed by atoms with Gasteiger partial charge in [0.2, 0.25) is 17.7 Å². The predicted molar refractivity (Wildman–Crippen MR) is 155 cm³/mol. The number of hydrogen-bond acceptors (Lipinski definition) is 5. The summed E-state index contributed by atoms with van der Waals surface area (Å²) in [4.78, 5) is 48.5. The molecule has 4 aliphatic rings. The molecule has 7 nitrogen and oxygen atoms in total. The van der Waals surface area contributed by atoms with Crippen LogP contribution in [0.15, 0.2) is 85.0 Å². The molecule has 6 rings (SSSR count). The second kappa shape index (κ2) is 10.9. The van der Waals surface area contributed by atoms with Gasteiger partial charge in [-0.25, -0.2) is 0 Å². The highest BCUT2D eigenvalue weighted by Gasteiger charge is 2.71. The minimum absolute atomic E-state index is 0.0216. The van der Waals surface area contributed by atoms with Crippen molar-refractivity contribution in [3.63, 3.8) is 0 Å². The first-order chi connectivity index (χ1) is 19.5. The Bertz CT molecular complexity index is 1330. The minimum atomic E-state index is -0.910. The van der Waals surface area contributed by atoms with Crippen LogP contribution in [0, 0.1) is 11.8 Å². The fourth-order valence-electron chi connectivity index (χ4n) is 6.96. The van der Waals surface area contributed by atoms with Crippen LogP contribution >= 0.6 is 11.8 Å². The number of hydrogen-bond donors (Lipinski definition) is 1. The van der Waals surface area contributed by atoms with Crippen molar-refractivity contribution in [3.8, 4) is 0 Å². The Hall–Kier alpha value is -3.36. The van der Waals surface area contributed by atoms with Gasteiger partial charge in [-0.05, 0) is 17.5 Å². The van der Waals surface area contributed by atoms with Crippen molar-refractivity contribution in [2.24, 2.45) is 11.8 Å². The molecule has 2 saturated heterocycles. The Morgan fingerprint density at radius 2 is 1.62 bits per heavy atom. The number of amides is 3. The molecule has 0 bridgehead atoms. The summed E-state index contributed by atoms with van der Waals surface area (Å²) in [6.45, 7) is 3.71. The third-order valence-corrected chi connectivity index (χ3v) is 10.4. The smallest absolute Gasteiger partial charge is 0.247 e. The van der Waals surface area contributed by atoms with E-state index in [0.29, 0.717) is 26.2 Å². The minimum Gasteiger partial charge on any atom is -0.394 e. The molecule has 0 saturated carbocycles. The number of carbonyl (C=O) groups is 3. The number of aliphatic hydroxyl groups is 1. The summed E-state index contributed by atoms with van der Waals surface area (Å²) in [6, 6.07) is 17.7. The third-order valence-electron chi connectivity index (χ3n) is 8.67. The van der Waals surface area contributed by atoms with Crippen LogP contribution in [-0.4, -0.2) is 79.8 Å². The van der Waals surface area contributed by atoms with Gasteiger partial charge in [-0.15, -0.1) is 11.8 Å². The maximum Gasteiger partial charge on any atom is 0.247 e. The van der Waals surface area contributed by atoms with E-state index in [-0.39, 0.29) is 29.6 Å². The standard InChI is InChI=1S/C32H35N3O4S/c1-2-17-33-18-9-15-25-26(29(33)37)27-30(38)35(24(21-36)23-13-7-4-8-14-23)28-31(39)34(19-10-16-32(27,28)40-25)20-22-11-5-3-6-12-22/h3-16,24-28,36H,2,17-21H2,1H3/t24-,25+,26-,27+,28?,32+/m1/s1. The number of likely N-dealkylation sites (tertiary alicyclic amines) is 1. The van der Waals surface area contributed by atoms with Gasteiger partial charge < -0.3 is 19.8 Å². The van der Waals surface area contributed by atoms with Gasteiger partial charge in [-0.1, -0.05) is 91.9 Å². The van der Waals surface area contributed by atoms with Crippen LogP contribution in [0.2, 0.25) is 0 Å². The topological polar surface area (TPSA) is 81.2 Å². The van der Waals surface area contributed by atoms with Crippen molar-refractivity contribution in [2.45, 2.75) is 42.0 Å². The zero-order chi connectivity index (χ0) is 27.9. The molecule has 1 N–H and O–H groups in total. The largest absolute Gasteiger partial charge is 0.394 e. The lowest BCUT2D eigenvalue weighted by atomic mass is 9.78. The molecule has 2 fully saturated rings. The molecule has 1 unspecified atom stereocenters. The third kappa shape index (κ3) is 4.29. The Kier molecular flexibility index (Phi) is 7.31. The first kappa shape index (κ1) is 26.8. The van der Waals surface area contributed by atoms with Gasteiger partial charge in [0.05, 0.1) is 29.2 Å². The van der Waals surface area contributed by atoms with Crippen molar-refractivity contribution in [3.05, 3.63) is 96.1 Å². The van der Waals surface area contributed by atoms with Crippen LogP contribution in [0.4, 0.5) is 0 Å². The summed E-state index contributed by atoms with van der Waals surface area (Å²) in [5.41, 5.74) is 1.78. The highest BCUT2D eigenvalue weighted by molar-refractivity contribution is 8.02. The van der Waals surface area contributed by atoms with E-state index >= 15 is 0 Å². The lowest BCUT2D eigenvalue weighted by Crippen LogP contribution is -2.54. The number of rotatable bonds is 7. The fourth-order valence-corrected chi connectivity index (χ4v) is 8.95. The molecule has 0 aromatic heterocycles. The zero-order valence-corrected chi connectivity index (χ0v) is 23.5. The molecule has 1 spiro atoms. The van der Waals surface area contributed by atoms with E-state index in [0.717, 1.165) is 17.5 Å². The highest BCUT2D eigenvalue weighted by Crippen LogP contribution is 2.62. The molecule has 3 amide bonds. The Morgan fingerprint density at radius 1 is 0.925 bits per heavy atom. The summed E-state index contributed by atoms with van der Waals surface area (Å²) in [5.74, 6) is -1.66. The predicted octanol–water partition coefficient (Wildman–Crippen LogP) is 3.42. The van der Waals surface area contributed by atoms with Gasteiger partial charge in [0.25, 0.3) is 0 Å². The van der Waals surface area contributed by atoms with E-state index in [1.165, 1.54) is 0 Å². The maximum absolute atomic E-state index is 14.6. The van der Waals surface area contributed by atoms with Crippen molar-refractivity contribution >= 4 is 29.5 Å². The second-order valence-corrected chi connectivity index (χ2v) is 12.5. The van der Waals surface area contributed by atoms with E-state index in [2.05, 4.69) is 6.08 Å². The fraction of sp³-hybridized carbons (Fsp3) is 0.406. The van der Waals surface area contributed by atoms with Gasteiger partial charge >= 0.3 is 0 Å². The normalized spacial score (nSPS) is 30.1. The summed E-state index contributed by atoms with van der Waals surface area (Å²) < 4.78 is -0.910. The first-order valence-electron chi connectivity index (χ1n) is 14.1. The molecule has 4 heterocycles. The highest BCUT2D eigenvalue weighted by atomic mass is 32.2. The number of thioether (sulfide) groups is 1. The van der Waals surface area contributed by atoms with Crippen LogP contribution in [0.5, 0.6) is 0 Å². The monoisotopic (exact) mass is 557 g/mol. The Balaban J connectivity index is 1.47. The molecule has 4 aliphatic heterocycles. The van der Waals surface area contributed by atoms with E-state index < -0.39 is 28.7 Å². The van der Waals surface area contributed by atoms with E-state index in [1.807, 2.05) is 90.7 Å². The summed E-state index contributed by atoms with van der Waals surface area (Å²) in [6.07, 6.45) is 8.96. The molecule has 8 heteroatoms. The van der Waals surface area contributed by atoms with Crippen molar-refractivity contribution in [2.75, 3.05) is 26.2 Å². The SMILES string of the molecule is CCCN1CC=C[C@@H]2S[C@]34C=CCN(Cc5ccccc5)C(=O)C3N([C@H](CO)c3ccccc3)C(=O)[C@@H]4[C@@H]2C1=O. The van der Waals surface area contributed by atoms with E-state index in [9.17, 15) is 19.5 Å². The van der Waals surface area contributed by atoms with Gasteiger partial charge in [0.15, 0.2) is 0 Å². The summed E-state index contributed by atoms with van der Waals surface area (Å²) in [7, 11) is 0. The Labute approximate surface area is 239 Å². The van der Waals surface area contributed by atoms with E-state index in [4.69, 9.17) is 0 Å². The summed E-state index contributed by atoms with van der Waals surface area (Å²) >= 11 is 1.58. The average Bonchev–Trinajstić information content (AvgIpc) is 3.30. The van der Waals surface area contributed by atoms with Crippen LogP contribution in [0.25, 0.3) is 0 Å². The Morgan fingerprint density at radius 3 is 2.33 bits per heavy atom. The lowest BCUT2D eigenvalue weighted by Gasteiger charge is -2.38. The van der Waals surface area contributed by atoms with Gasteiger partial charge in [-0.3, -0.25) is 14.4 Å². The first-order valence-corrected chi connectivity index (χ1v) is 15.0. The summed E-state index contributed by atoms with van der Waals surface area (Å²) in [5, 5.41) is 10.5. The molecule has 208 valence electrons. The van der Waals surface area contributed by atoms with Crippen LogP contribution < -0.4 is 0 Å². The zero-order valence-electron chi connectivity index (χ0n) is 22.6. The van der Waals surface area contributed by atoms with Crippen molar-refractivity contribution < 1.29 is 19.5 Å². The van der Waals surface area contributed by atoms with Crippen molar-refractivity contribution in [1.82, 2.24) is 14.7 Å². The van der Waals surface area contributed by atoms with Crippen LogP contribution in [0.1, 0.15) is 30.5 Å². The maximum atomic E-state index is 14.6. The number of aliphatic hydroxyl groups excluding tert-OH is 1. The molecule has 0 radical (unpaired) electrons. The van der Waals surface area contributed by atoms with Crippen LogP contribution in [-0.2, 0) is 20.9 Å². The molecular formula is C32H35N3O4S. The lowest BCUT2D eigenvalue weighted by molar-refractivity contribution is -0.147.